The number of rotatable bonds is 15. The number of nitrogens with one attached hydrogen (secondary N) is 3. The van der Waals surface area contributed by atoms with Gasteiger partial charge >= 0.3 is 5.97 Å². The van der Waals surface area contributed by atoms with Crippen molar-refractivity contribution in [3.8, 4) is 0 Å². The summed E-state index contributed by atoms with van der Waals surface area (Å²) in [7, 11) is 0. The lowest BCUT2D eigenvalue weighted by molar-refractivity contribution is -0.143. The molecule has 0 spiro atoms. The molecule has 10 nitrogen and oxygen atoms in total. The standard InChI is InChI=1S/C23H36N4O6S/c1-14(2)11-16(24)20(29)26-18(12-15-7-5-4-6-8-15)22(31)25-17(9-10-34-3)21(30)27-19(13-28)23(32)33/h4-8,14,16-19,28H,9-13,24H2,1-3H3,(H,25,31)(H,26,29)(H,27,30)(H,32,33). The van der Waals surface area contributed by atoms with E-state index >= 15 is 0 Å². The number of aliphatic carboxylic acids is 1. The van der Waals surface area contributed by atoms with Gasteiger partial charge in [0.05, 0.1) is 12.6 Å². The number of amides is 3. The highest BCUT2D eigenvalue weighted by Gasteiger charge is 2.30. The van der Waals surface area contributed by atoms with E-state index in [2.05, 4.69) is 16.0 Å². The van der Waals surface area contributed by atoms with Crippen molar-refractivity contribution in [3.63, 3.8) is 0 Å². The first-order valence-electron chi connectivity index (χ1n) is 11.1. The molecule has 1 aromatic rings. The molecular formula is C23H36N4O6S. The minimum atomic E-state index is -1.49. The molecule has 0 saturated carbocycles. The molecule has 0 radical (unpaired) electrons. The van der Waals surface area contributed by atoms with Gasteiger partial charge in [-0.2, -0.15) is 11.8 Å². The van der Waals surface area contributed by atoms with Crippen molar-refractivity contribution in [2.45, 2.75) is 57.3 Å². The molecular weight excluding hydrogens is 460 g/mol. The average molecular weight is 497 g/mol. The zero-order valence-corrected chi connectivity index (χ0v) is 20.6. The van der Waals surface area contributed by atoms with Crippen molar-refractivity contribution in [3.05, 3.63) is 35.9 Å². The summed E-state index contributed by atoms with van der Waals surface area (Å²) in [5.41, 5.74) is 6.79. The van der Waals surface area contributed by atoms with Gasteiger partial charge in [-0.3, -0.25) is 14.4 Å². The second-order valence-corrected chi connectivity index (χ2v) is 9.40. The molecule has 0 fully saturated rings. The van der Waals surface area contributed by atoms with Crippen LogP contribution in [0.3, 0.4) is 0 Å². The van der Waals surface area contributed by atoms with E-state index in [-0.39, 0.29) is 18.8 Å². The van der Waals surface area contributed by atoms with Gasteiger partial charge in [0.25, 0.3) is 0 Å². The van der Waals surface area contributed by atoms with Crippen LogP contribution in [-0.4, -0.2) is 76.7 Å². The Labute approximate surface area is 204 Å². The maximum Gasteiger partial charge on any atom is 0.328 e. The lowest BCUT2D eigenvalue weighted by atomic mass is 10.0. The minimum absolute atomic E-state index is 0.179. The summed E-state index contributed by atoms with van der Waals surface area (Å²) in [6.07, 6.45) is 2.69. The SMILES string of the molecule is CSCCC(NC(=O)C(Cc1ccccc1)NC(=O)C(N)CC(C)C)C(=O)NC(CO)C(=O)O. The number of carboxylic acid groups (broad SMARTS) is 1. The number of carbonyl (C=O) groups is 4. The Kier molecular flexibility index (Phi) is 13.2. The van der Waals surface area contributed by atoms with Crippen LogP contribution in [0.1, 0.15) is 32.3 Å². The third-order valence-electron chi connectivity index (χ3n) is 5.02. The Morgan fingerprint density at radius 1 is 0.941 bits per heavy atom. The highest BCUT2D eigenvalue weighted by molar-refractivity contribution is 7.98. The summed E-state index contributed by atoms with van der Waals surface area (Å²) in [6.45, 7) is 3.09. The zero-order chi connectivity index (χ0) is 25.7. The van der Waals surface area contributed by atoms with Crippen LogP contribution in [0.25, 0.3) is 0 Å². The molecule has 190 valence electrons. The molecule has 1 aromatic carbocycles. The molecule has 4 atom stereocenters. The third-order valence-corrected chi connectivity index (χ3v) is 5.66. The number of carbonyl (C=O) groups excluding carboxylic acids is 3. The van der Waals surface area contributed by atoms with Crippen LogP contribution in [0.15, 0.2) is 30.3 Å². The summed E-state index contributed by atoms with van der Waals surface area (Å²) in [6, 6.07) is 4.77. The van der Waals surface area contributed by atoms with Gasteiger partial charge < -0.3 is 31.9 Å². The summed E-state index contributed by atoms with van der Waals surface area (Å²) < 4.78 is 0. The van der Waals surface area contributed by atoms with Gasteiger partial charge in [-0.25, -0.2) is 4.79 Å². The predicted octanol–water partition coefficient (Wildman–Crippen LogP) is -0.113. The number of aliphatic hydroxyl groups is 1. The van der Waals surface area contributed by atoms with E-state index in [1.807, 2.05) is 50.4 Å². The van der Waals surface area contributed by atoms with Gasteiger partial charge in [0, 0.05) is 6.42 Å². The fourth-order valence-corrected chi connectivity index (χ4v) is 3.66. The number of hydrogen-bond donors (Lipinski definition) is 6. The van der Waals surface area contributed by atoms with E-state index in [4.69, 9.17) is 10.8 Å². The molecule has 11 heteroatoms. The Morgan fingerprint density at radius 2 is 1.50 bits per heavy atom. The molecule has 1 rings (SSSR count). The van der Waals surface area contributed by atoms with Crippen LogP contribution in [0, 0.1) is 5.92 Å². The van der Waals surface area contributed by atoms with Crippen LogP contribution in [0.2, 0.25) is 0 Å². The van der Waals surface area contributed by atoms with Gasteiger partial charge in [0.15, 0.2) is 0 Å². The number of nitrogens with two attached hydrogens (primary N) is 1. The third kappa shape index (κ3) is 10.5. The molecule has 0 heterocycles. The van der Waals surface area contributed by atoms with Gasteiger partial charge in [-0.1, -0.05) is 44.2 Å². The number of aliphatic hydroxyl groups excluding tert-OH is 1. The molecule has 0 aromatic heterocycles. The second-order valence-electron chi connectivity index (χ2n) is 8.41. The van der Waals surface area contributed by atoms with Crippen molar-refractivity contribution >= 4 is 35.5 Å². The first-order valence-corrected chi connectivity index (χ1v) is 12.5. The Morgan fingerprint density at radius 3 is 2.03 bits per heavy atom. The van der Waals surface area contributed by atoms with Gasteiger partial charge in [0.2, 0.25) is 17.7 Å². The van der Waals surface area contributed by atoms with Crippen molar-refractivity contribution < 1.29 is 29.4 Å². The van der Waals surface area contributed by atoms with Gasteiger partial charge in [-0.15, -0.1) is 0 Å². The summed E-state index contributed by atoms with van der Waals surface area (Å²) in [5.74, 6) is -2.48. The molecule has 7 N–H and O–H groups in total. The number of benzene rings is 1. The lowest BCUT2D eigenvalue weighted by Crippen LogP contribution is -2.58. The molecule has 0 aliphatic rings. The summed E-state index contributed by atoms with van der Waals surface area (Å²) in [5, 5.41) is 25.9. The monoisotopic (exact) mass is 496 g/mol. The van der Waals surface area contributed by atoms with E-state index in [0.717, 1.165) is 5.56 Å². The topological polar surface area (TPSA) is 171 Å². The van der Waals surface area contributed by atoms with Crippen LogP contribution in [-0.2, 0) is 25.6 Å². The van der Waals surface area contributed by atoms with Crippen molar-refractivity contribution in [1.82, 2.24) is 16.0 Å². The number of hydrogen-bond acceptors (Lipinski definition) is 7. The second kappa shape index (κ2) is 15.3. The molecule has 4 unspecified atom stereocenters. The van der Waals surface area contributed by atoms with E-state index < -0.39 is 54.5 Å². The summed E-state index contributed by atoms with van der Waals surface area (Å²) in [4.78, 5) is 49.7. The van der Waals surface area contributed by atoms with E-state index in [1.54, 1.807) is 0 Å². The molecule has 0 aliphatic carbocycles. The number of carboxylic acids is 1. The van der Waals surface area contributed by atoms with Gasteiger partial charge in [-0.05, 0) is 36.3 Å². The molecule has 34 heavy (non-hydrogen) atoms. The fourth-order valence-electron chi connectivity index (χ4n) is 3.19. The van der Waals surface area contributed by atoms with Crippen molar-refractivity contribution in [2.75, 3.05) is 18.6 Å². The smallest absolute Gasteiger partial charge is 0.328 e. The maximum absolute atomic E-state index is 13.2. The van der Waals surface area contributed by atoms with Crippen LogP contribution in [0.4, 0.5) is 0 Å². The van der Waals surface area contributed by atoms with Crippen molar-refractivity contribution in [1.29, 1.82) is 0 Å². The quantitative estimate of drug-likeness (QED) is 0.195. The Bertz CT molecular complexity index is 808. The van der Waals surface area contributed by atoms with E-state index in [0.29, 0.717) is 12.2 Å². The highest BCUT2D eigenvalue weighted by atomic mass is 32.2. The van der Waals surface area contributed by atoms with Crippen molar-refractivity contribution in [2.24, 2.45) is 11.7 Å². The van der Waals surface area contributed by atoms with E-state index in [9.17, 15) is 24.3 Å². The van der Waals surface area contributed by atoms with Gasteiger partial charge in [0.1, 0.15) is 18.1 Å². The first kappa shape index (κ1) is 29.4. The minimum Gasteiger partial charge on any atom is -0.480 e. The maximum atomic E-state index is 13.2. The van der Waals surface area contributed by atoms with Crippen LogP contribution in [0.5, 0.6) is 0 Å². The fraction of sp³-hybridized carbons (Fsp3) is 0.565. The average Bonchev–Trinajstić information content (AvgIpc) is 2.79. The largest absolute Gasteiger partial charge is 0.480 e. The van der Waals surface area contributed by atoms with Crippen LogP contribution >= 0.6 is 11.8 Å². The zero-order valence-electron chi connectivity index (χ0n) is 19.8. The molecule has 0 saturated heterocycles. The molecule has 3 amide bonds. The lowest BCUT2D eigenvalue weighted by Gasteiger charge is -2.25. The van der Waals surface area contributed by atoms with E-state index in [1.165, 1.54) is 11.8 Å². The molecule has 0 aliphatic heterocycles. The van der Waals surface area contributed by atoms with Crippen LogP contribution < -0.4 is 21.7 Å². The predicted molar refractivity (Wildman–Crippen MR) is 131 cm³/mol. The Balaban J connectivity index is 3.04. The normalized spacial score (nSPS) is 14.5. The highest BCUT2D eigenvalue weighted by Crippen LogP contribution is 2.08. The first-order chi connectivity index (χ1) is 16.1. The molecule has 0 bridgehead atoms. The Hall–Kier alpha value is -2.63. The number of thioether (sulfide) groups is 1. The summed E-state index contributed by atoms with van der Waals surface area (Å²) >= 11 is 1.45.